The van der Waals surface area contributed by atoms with Crippen LogP contribution in [0.15, 0.2) is 82.6 Å². The number of hydrogen-bond acceptors (Lipinski definition) is 4. The van der Waals surface area contributed by atoms with Crippen molar-refractivity contribution in [2.24, 2.45) is 4.99 Å². The molecule has 0 aliphatic heterocycles. The zero-order valence-corrected chi connectivity index (χ0v) is 15.8. The van der Waals surface area contributed by atoms with E-state index >= 15 is 0 Å². The number of aromatic hydroxyl groups is 1. The monoisotopic (exact) mass is 399 g/mol. The van der Waals surface area contributed by atoms with Gasteiger partial charge < -0.3 is 5.11 Å². The third-order valence-corrected chi connectivity index (χ3v) is 4.83. The van der Waals surface area contributed by atoms with Gasteiger partial charge in [-0.25, -0.2) is 4.57 Å². The molecule has 0 aliphatic rings. The second-order valence-corrected chi connectivity index (χ2v) is 6.70. The van der Waals surface area contributed by atoms with Crippen molar-refractivity contribution >= 4 is 34.3 Å². The summed E-state index contributed by atoms with van der Waals surface area (Å²) >= 11 is 6.28. The number of hydrogen-bond donors (Lipinski definition) is 1. The summed E-state index contributed by atoms with van der Waals surface area (Å²) in [7, 11) is 0. The molecule has 3 aromatic carbocycles. The van der Waals surface area contributed by atoms with E-state index in [2.05, 4.69) is 11.1 Å². The summed E-state index contributed by atoms with van der Waals surface area (Å²) in [5, 5.41) is 21.4. The molecule has 5 nitrogen and oxygen atoms in total. The maximum Gasteiger partial charge on any atom is 0.265 e. The SMILES string of the molecule is N#Cc1cccc(N=Cc2c(O)n(-c3ccccc3Cl)c(=O)c3ccccc23)c1. The van der Waals surface area contributed by atoms with E-state index in [-0.39, 0.29) is 11.4 Å². The smallest absolute Gasteiger partial charge is 0.265 e. The largest absolute Gasteiger partial charge is 0.494 e. The van der Waals surface area contributed by atoms with Crippen molar-refractivity contribution in [3.8, 4) is 17.6 Å². The van der Waals surface area contributed by atoms with Gasteiger partial charge in [0, 0.05) is 17.0 Å². The standard InChI is InChI=1S/C23H14ClN3O2/c24-20-10-3-4-11-21(20)27-22(28)18-9-2-1-8-17(18)19(23(27)29)14-26-16-7-5-6-15(12-16)13-25/h1-12,14,29H. The van der Waals surface area contributed by atoms with Crippen LogP contribution in [0.25, 0.3) is 16.5 Å². The predicted octanol–water partition coefficient (Wildman–Crippen LogP) is 4.97. The van der Waals surface area contributed by atoms with Gasteiger partial charge in [0.15, 0.2) is 0 Å². The molecule has 0 fully saturated rings. The van der Waals surface area contributed by atoms with Crippen LogP contribution in [0, 0.1) is 11.3 Å². The molecule has 1 heterocycles. The van der Waals surface area contributed by atoms with E-state index in [9.17, 15) is 9.90 Å². The van der Waals surface area contributed by atoms with Crippen LogP contribution in [-0.2, 0) is 0 Å². The Kier molecular flexibility index (Phi) is 4.86. The molecule has 1 aromatic heterocycles. The van der Waals surface area contributed by atoms with Gasteiger partial charge in [0.1, 0.15) is 0 Å². The molecule has 0 amide bonds. The number of para-hydroxylation sites is 1. The van der Waals surface area contributed by atoms with Crippen LogP contribution in [0.4, 0.5) is 5.69 Å². The summed E-state index contributed by atoms with van der Waals surface area (Å²) in [6, 6.07) is 22.7. The number of aromatic nitrogens is 1. The van der Waals surface area contributed by atoms with Crippen molar-refractivity contribution in [2.75, 3.05) is 0 Å². The van der Waals surface area contributed by atoms with Gasteiger partial charge in [-0.05, 0) is 36.4 Å². The van der Waals surface area contributed by atoms with Crippen LogP contribution < -0.4 is 5.56 Å². The lowest BCUT2D eigenvalue weighted by Gasteiger charge is -2.14. The Hall–Kier alpha value is -3.88. The van der Waals surface area contributed by atoms with Crippen LogP contribution >= 0.6 is 11.6 Å². The molecule has 0 saturated carbocycles. The average Bonchev–Trinajstić information content (AvgIpc) is 2.75. The van der Waals surface area contributed by atoms with Crippen LogP contribution in [0.5, 0.6) is 5.88 Å². The molecule has 0 atom stereocenters. The summed E-state index contributed by atoms with van der Waals surface area (Å²) in [6.07, 6.45) is 1.49. The van der Waals surface area contributed by atoms with E-state index in [4.69, 9.17) is 16.9 Å². The number of aliphatic imine (C=N–C) groups is 1. The average molecular weight is 400 g/mol. The zero-order chi connectivity index (χ0) is 20.4. The van der Waals surface area contributed by atoms with Crippen molar-refractivity contribution in [2.45, 2.75) is 0 Å². The molecule has 0 bridgehead atoms. The minimum atomic E-state index is -0.380. The number of pyridine rings is 1. The summed E-state index contributed by atoms with van der Waals surface area (Å²) in [5.41, 5.74) is 1.42. The van der Waals surface area contributed by atoms with Gasteiger partial charge in [0.05, 0.1) is 33.6 Å². The second-order valence-electron chi connectivity index (χ2n) is 6.30. The van der Waals surface area contributed by atoms with Crippen molar-refractivity contribution < 1.29 is 5.11 Å². The van der Waals surface area contributed by atoms with Crippen LogP contribution in [0.1, 0.15) is 11.1 Å². The lowest BCUT2D eigenvalue weighted by atomic mass is 10.1. The Morgan fingerprint density at radius 1 is 1.00 bits per heavy atom. The van der Waals surface area contributed by atoms with Crippen LogP contribution in [0.3, 0.4) is 0 Å². The predicted molar refractivity (Wildman–Crippen MR) is 115 cm³/mol. The van der Waals surface area contributed by atoms with Crippen molar-refractivity contribution in [3.05, 3.63) is 99.3 Å². The topological polar surface area (TPSA) is 78.4 Å². The molecule has 0 aliphatic carbocycles. The minimum Gasteiger partial charge on any atom is -0.494 e. The van der Waals surface area contributed by atoms with Crippen molar-refractivity contribution in [1.82, 2.24) is 4.57 Å². The lowest BCUT2D eigenvalue weighted by molar-refractivity contribution is 0.436. The van der Waals surface area contributed by atoms with Crippen molar-refractivity contribution in [1.29, 1.82) is 5.26 Å². The van der Waals surface area contributed by atoms with E-state index in [0.717, 1.165) is 0 Å². The fraction of sp³-hybridized carbons (Fsp3) is 0. The Bertz CT molecular complexity index is 1370. The number of benzene rings is 3. The van der Waals surface area contributed by atoms with Gasteiger partial charge in [-0.1, -0.05) is 48.0 Å². The second kappa shape index (κ2) is 7.63. The molecular weight excluding hydrogens is 386 g/mol. The van der Waals surface area contributed by atoms with E-state index in [1.807, 2.05) is 0 Å². The van der Waals surface area contributed by atoms with Crippen molar-refractivity contribution in [3.63, 3.8) is 0 Å². The number of nitriles is 1. The van der Waals surface area contributed by atoms with Crippen LogP contribution in [0.2, 0.25) is 5.02 Å². The number of fused-ring (bicyclic) bond motifs is 1. The Morgan fingerprint density at radius 3 is 2.48 bits per heavy atom. The fourth-order valence-electron chi connectivity index (χ4n) is 3.14. The van der Waals surface area contributed by atoms with Gasteiger partial charge in [-0.15, -0.1) is 0 Å². The van der Waals surface area contributed by atoms with Gasteiger partial charge >= 0.3 is 0 Å². The first-order valence-corrected chi connectivity index (χ1v) is 9.14. The molecule has 4 rings (SSSR count). The molecule has 140 valence electrons. The molecule has 6 heteroatoms. The van der Waals surface area contributed by atoms with E-state index < -0.39 is 0 Å². The normalized spacial score (nSPS) is 11.0. The summed E-state index contributed by atoms with van der Waals surface area (Å²) in [5.74, 6) is -0.262. The first-order chi connectivity index (χ1) is 14.1. The molecule has 0 spiro atoms. The molecule has 0 unspecified atom stereocenters. The number of rotatable bonds is 3. The first kappa shape index (κ1) is 18.5. The maximum atomic E-state index is 13.1. The molecule has 0 saturated heterocycles. The molecule has 4 aromatic rings. The lowest BCUT2D eigenvalue weighted by Crippen LogP contribution is -2.20. The number of nitrogens with zero attached hydrogens (tertiary/aromatic N) is 3. The van der Waals surface area contributed by atoms with Gasteiger partial charge in [-0.2, -0.15) is 5.26 Å². The highest BCUT2D eigenvalue weighted by Gasteiger charge is 2.17. The highest BCUT2D eigenvalue weighted by atomic mass is 35.5. The molecule has 29 heavy (non-hydrogen) atoms. The summed E-state index contributed by atoms with van der Waals surface area (Å²) in [6.45, 7) is 0. The third kappa shape index (κ3) is 3.38. The van der Waals surface area contributed by atoms with E-state index in [0.29, 0.717) is 38.3 Å². The van der Waals surface area contributed by atoms with Gasteiger partial charge in [0.2, 0.25) is 5.88 Å². The molecule has 1 N–H and O–H groups in total. The molecular formula is C23H14ClN3O2. The zero-order valence-electron chi connectivity index (χ0n) is 15.1. The highest BCUT2D eigenvalue weighted by Crippen LogP contribution is 2.29. The first-order valence-electron chi connectivity index (χ1n) is 8.76. The van der Waals surface area contributed by atoms with E-state index in [1.54, 1.807) is 72.8 Å². The van der Waals surface area contributed by atoms with Gasteiger partial charge in [-0.3, -0.25) is 9.79 Å². The fourth-order valence-corrected chi connectivity index (χ4v) is 3.36. The minimum absolute atomic E-state index is 0.262. The van der Waals surface area contributed by atoms with E-state index in [1.165, 1.54) is 10.8 Å². The van der Waals surface area contributed by atoms with Gasteiger partial charge in [0.25, 0.3) is 5.56 Å². The third-order valence-electron chi connectivity index (χ3n) is 4.51. The summed E-state index contributed by atoms with van der Waals surface area (Å²) < 4.78 is 1.18. The summed E-state index contributed by atoms with van der Waals surface area (Å²) in [4.78, 5) is 17.5. The molecule has 0 radical (unpaired) electrons. The Labute approximate surface area is 171 Å². The number of halogens is 1. The highest BCUT2D eigenvalue weighted by molar-refractivity contribution is 6.32. The quantitative estimate of drug-likeness (QED) is 0.494. The maximum absolute atomic E-state index is 13.1. The Balaban J connectivity index is 1.99. The van der Waals surface area contributed by atoms with Crippen LogP contribution in [-0.4, -0.2) is 15.9 Å². The Morgan fingerprint density at radius 2 is 1.72 bits per heavy atom.